The van der Waals surface area contributed by atoms with Crippen LogP contribution in [0.5, 0.6) is 0 Å². The molecular formula is C25H35N5O2S2. The van der Waals surface area contributed by atoms with Crippen LogP contribution in [-0.4, -0.2) is 53.5 Å². The molecule has 5 rings (SSSR count). The molecule has 0 unspecified atom stereocenters. The van der Waals surface area contributed by atoms with Gasteiger partial charge in [0.1, 0.15) is 11.5 Å². The highest BCUT2D eigenvalue weighted by atomic mass is 32.2. The summed E-state index contributed by atoms with van der Waals surface area (Å²) in [6.45, 7) is 3.32. The van der Waals surface area contributed by atoms with Crippen LogP contribution < -0.4 is 4.90 Å². The van der Waals surface area contributed by atoms with Crippen molar-refractivity contribution in [3.8, 4) is 0 Å². The maximum absolute atomic E-state index is 11.9. The van der Waals surface area contributed by atoms with E-state index in [1.54, 1.807) is 15.6 Å². The first-order valence-electron chi connectivity index (χ1n) is 12.5. The number of anilines is 2. The van der Waals surface area contributed by atoms with Crippen LogP contribution in [0.1, 0.15) is 80.7 Å². The third kappa shape index (κ3) is 4.62. The van der Waals surface area contributed by atoms with Crippen LogP contribution in [0.2, 0.25) is 0 Å². The minimum atomic E-state index is -3.12. The van der Waals surface area contributed by atoms with Crippen LogP contribution in [-0.2, 0) is 16.4 Å². The summed E-state index contributed by atoms with van der Waals surface area (Å²) < 4.78 is 27.6. The molecule has 0 amide bonds. The SMILES string of the molecule is CCc1nc2ccc(C3CCN(S(C)(=O)=O)CC3)cn2c1N(C)c1nc(C2CCCCC2)cs1. The van der Waals surface area contributed by atoms with Crippen molar-refractivity contribution < 1.29 is 8.42 Å². The molecule has 0 N–H and O–H groups in total. The summed E-state index contributed by atoms with van der Waals surface area (Å²) in [5, 5.41) is 3.27. The van der Waals surface area contributed by atoms with E-state index in [1.807, 2.05) is 0 Å². The number of rotatable bonds is 6. The van der Waals surface area contributed by atoms with Crippen molar-refractivity contribution in [1.29, 1.82) is 0 Å². The predicted molar refractivity (Wildman–Crippen MR) is 139 cm³/mol. The highest BCUT2D eigenvalue weighted by Gasteiger charge is 2.27. The molecule has 0 spiro atoms. The van der Waals surface area contributed by atoms with E-state index in [4.69, 9.17) is 9.97 Å². The van der Waals surface area contributed by atoms with Gasteiger partial charge in [-0.05, 0) is 49.7 Å². The summed E-state index contributed by atoms with van der Waals surface area (Å²) in [5.41, 5.74) is 4.51. The molecule has 2 fully saturated rings. The quantitative estimate of drug-likeness (QED) is 0.458. The number of aryl methyl sites for hydroxylation is 1. The standard InChI is InChI=1S/C25H35N5O2S2/c1-4-21-24(28(2)25-27-22(17-33-25)19-8-6-5-7-9-19)30-16-20(10-11-23(30)26-21)18-12-14-29(15-13-18)34(3,31)32/h10-11,16-19H,4-9,12-15H2,1-3H3. The summed E-state index contributed by atoms with van der Waals surface area (Å²) in [4.78, 5) is 12.2. The van der Waals surface area contributed by atoms with Gasteiger partial charge in [0, 0.05) is 37.6 Å². The van der Waals surface area contributed by atoms with Gasteiger partial charge in [0.2, 0.25) is 10.0 Å². The van der Waals surface area contributed by atoms with Crippen molar-refractivity contribution in [2.45, 2.75) is 70.1 Å². The van der Waals surface area contributed by atoms with E-state index < -0.39 is 10.0 Å². The molecule has 1 aliphatic carbocycles. The molecule has 0 aromatic carbocycles. The monoisotopic (exact) mass is 501 g/mol. The lowest BCUT2D eigenvalue weighted by Gasteiger charge is -2.30. The topological polar surface area (TPSA) is 70.8 Å². The van der Waals surface area contributed by atoms with E-state index in [1.165, 1.54) is 49.6 Å². The predicted octanol–water partition coefficient (Wildman–Crippen LogP) is 5.31. The van der Waals surface area contributed by atoms with Crippen LogP contribution in [0.15, 0.2) is 23.7 Å². The van der Waals surface area contributed by atoms with Crippen LogP contribution in [0.3, 0.4) is 0 Å². The van der Waals surface area contributed by atoms with Gasteiger partial charge in [-0.1, -0.05) is 32.3 Å². The van der Waals surface area contributed by atoms with Crippen molar-refractivity contribution in [3.63, 3.8) is 0 Å². The molecule has 7 nitrogen and oxygen atoms in total. The molecular weight excluding hydrogens is 466 g/mol. The summed E-state index contributed by atoms with van der Waals surface area (Å²) in [6, 6.07) is 4.26. The molecule has 34 heavy (non-hydrogen) atoms. The molecule has 184 valence electrons. The minimum absolute atomic E-state index is 0.353. The average Bonchev–Trinajstić information content (AvgIpc) is 3.48. The lowest BCUT2D eigenvalue weighted by Crippen LogP contribution is -2.37. The van der Waals surface area contributed by atoms with E-state index in [-0.39, 0.29) is 0 Å². The summed E-state index contributed by atoms with van der Waals surface area (Å²) in [6.07, 6.45) is 12.5. The number of thiazole rings is 1. The van der Waals surface area contributed by atoms with Gasteiger partial charge in [-0.15, -0.1) is 11.3 Å². The molecule has 1 saturated heterocycles. The van der Waals surface area contributed by atoms with E-state index in [2.05, 4.69) is 47.0 Å². The number of fused-ring (bicyclic) bond motifs is 1. The van der Waals surface area contributed by atoms with Crippen LogP contribution in [0, 0.1) is 0 Å². The zero-order valence-electron chi connectivity index (χ0n) is 20.4. The molecule has 9 heteroatoms. The summed E-state index contributed by atoms with van der Waals surface area (Å²) in [7, 11) is -1.01. The molecule has 3 aromatic heterocycles. The summed E-state index contributed by atoms with van der Waals surface area (Å²) in [5.74, 6) is 2.03. The first-order valence-corrected chi connectivity index (χ1v) is 15.2. The van der Waals surface area contributed by atoms with E-state index >= 15 is 0 Å². The van der Waals surface area contributed by atoms with Crippen molar-refractivity contribution in [1.82, 2.24) is 18.7 Å². The second-order valence-corrected chi connectivity index (χ2v) is 12.6. The molecule has 3 aromatic rings. The minimum Gasteiger partial charge on any atom is -0.305 e. The van der Waals surface area contributed by atoms with Crippen molar-refractivity contribution in [2.24, 2.45) is 0 Å². The Morgan fingerprint density at radius 2 is 1.79 bits per heavy atom. The highest BCUT2D eigenvalue weighted by molar-refractivity contribution is 7.88. The van der Waals surface area contributed by atoms with Gasteiger partial charge < -0.3 is 4.90 Å². The Labute approximate surface area is 206 Å². The fraction of sp³-hybridized carbons (Fsp3) is 0.600. The van der Waals surface area contributed by atoms with Gasteiger partial charge in [-0.3, -0.25) is 4.40 Å². The van der Waals surface area contributed by atoms with Gasteiger partial charge in [-0.2, -0.15) is 0 Å². The van der Waals surface area contributed by atoms with Crippen LogP contribution in [0.4, 0.5) is 10.9 Å². The maximum Gasteiger partial charge on any atom is 0.211 e. The molecule has 0 bridgehead atoms. The summed E-state index contributed by atoms with van der Waals surface area (Å²) >= 11 is 1.72. The van der Waals surface area contributed by atoms with Gasteiger partial charge in [0.15, 0.2) is 5.13 Å². The van der Waals surface area contributed by atoms with Crippen LogP contribution in [0.25, 0.3) is 5.65 Å². The van der Waals surface area contributed by atoms with Gasteiger partial charge in [0.05, 0.1) is 17.6 Å². The zero-order valence-corrected chi connectivity index (χ0v) is 22.0. The maximum atomic E-state index is 11.9. The van der Waals surface area contributed by atoms with Crippen LogP contribution >= 0.6 is 11.3 Å². The molecule has 2 aliphatic rings. The van der Waals surface area contributed by atoms with Gasteiger partial charge >= 0.3 is 0 Å². The van der Waals surface area contributed by atoms with Crippen molar-refractivity contribution in [3.05, 3.63) is 40.7 Å². The Kier molecular flexibility index (Phi) is 6.70. The molecule has 1 saturated carbocycles. The third-order valence-electron chi connectivity index (χ3n) is 7.55. The van der Waals surface area contributed by atoms with E-state index in [0.29, 0.717) is 24.9 Å². The normalized spacial score (nSPS) is 19.1. The van der Waals surface area contributed by atoms with E-state index in [0.717, 1.165) is 41.6 Å². The second kappa shape index (κ2) is 9.59. The Morgan fingerprint density at radius 1 is 1.06 bits per heavy atom. The number of hydrogen-bond donors (Lipinski definition) is 0. The smallest absolute Gasteiger partial charge is 0.211 e. The van der Waals surface area contributed by atoms with Crippen molar-refractivity contribution >= 4 is 38.0 Å². The van der Waals surface area contributed by atoms with Gasteiger partial charge in [0.25, 0.3) is 0 Å². The number of nitrogens with zero attached hydrogens (tertiary/aromatic N) is 5. The number of imidazole rings is 1. The fourth-order valence-electron chi connectivity index (χ4n) is 5.56. The number of pyridine rings is 1. The number of sulfonamides is 1. The first kappa shape index (κ1) is 23.8. The average molecular weight is 502 g/mol. The Bertz CT molecular complexity index is 1250. The molecule has 0 radical (unpaired) electrons. The fourth-order valence-corrected chi connectivity index (χ4v) is 7.31. The van der Waals surface area contributed by atoms with E-state index in [9.17, 15) is 8.42 Å². The molecule has 0 atom stereocenters. The number of aromatic nitrogens is 3. The van der Waals surface area contributed by atoms with Crippen molar-refractivity contribution in [2.75, 3.05) is 31.3 Å². The third-order valence-corrected chi connectivity index (χ3v) is 9.79. The van der Waals surface area contributed by atoms with Gasteiger partial charge in [-0.25, -0.2) is 22.7 Å². The number of hydrogen-bond acceptors (Lipinski definition) is 6. The molecule has 4 heterocycles. The Morgan fingerprint density at radius 3 is 2.47 bits per heavy atom. The largest absolute Gasteiger partial charge is 0.305 e. The lowest BCUT2D eigenvalue weighted by molar-refractivity contribution is 0.321. The highest BCUT2D eigenvalue weighted by Crippen LogP contribution is 2.38. The second-order valence-electron chi connectivity index (χ2n) is 9.81. The Hall–Kier alpha value is -1.97. The lowest BCUT2D eigenvalue weighted by atomic mass is 9.87. The number of piperidine rings is 1. The Balaban J connectivity index is 1.43. The molecule has 1 aliphatic heterocycles. The zero-order chi connectivity index (χ0) is 23.9. The first-order chi connectivity index (χ1) is 16.3.